The molecule has 1 unspecified atom stereocenters. The zero-order valence-electron chi connectivity index (χ0n) is 14.5. The van der Waals surface area contributed by atoms with Gasteiger partial charge in [-0.05, 0) is 37.6 Å². The van der Waals surface area contributed by atoms with E-state index in [2.05, 4.69) is 18.0 Å². The number of imidazole rings is 1. The zero-order chi connectivity index (χ0) is 17.8. The molecule has 0 aliphatic carbocycles. The van der Waals surface area contributed by atoms with Crippen molar-refractivity contribution >= 4 is 17.7 Å². The number of rotatable bonds is 6. The van der Waals surface area contributed by atoms with Gasteiger partial charge in [-0.2, -0.15) is 0 Å². The molecule has 0 aliphatic heterocycles. The van der Waals surface area contributed by atoms with Crippen molar-refractivity contribution in [1.29, 1.82) is 0 Å². The Bertz CT molecular complexity index is 842. The Hall–Kier alpha value is -2.47. The number of hydrogen-bond donors (Lipinski definition) is 0. The lowest BCUT2D eigenvalue weighted by molar-refractivity contribution is -0.129. The number of carbonyl (C=O) groups is 1. The highest BCUT2D eigenvalue weighted by molar-refractivity contribution is 7.99. The fraction of sp³-hybridized carbons (Fsp3) is 0.263. The summed E-state index contributed by atoms with van der Waals surface area (Å²) in [5.74, 6) is 1.14. The Labute approximate surface area is 151 Å². The number of furan rings is 1. The summed E-state index contributed by atoms with van der Waals surface area (Å²) in [4.78, 5) is 18.6. The maximum atomic E-state index is 12.5. The number of para-hydroxylation sites is 1. The number of thioether (sulfide) groups is 1. The van der Waals surface area contributed by atoms with E-state index in [0.717, 1.165) is 22.2 Å². The second-order valence-electron chi connectivity index (χ2n) is 5.85. The van der Waals surface area contributed by atoms with E-state index >= 15 is 0 Å². The summed E-state index contributed by atoms with van der Waals surface area (Å²) in [6.07, 6.45) is 5.30. The molecule has 3 aromatic rings. The molecule has 3 rings (SSSR count). The first-order valence-electron chi connectivity index (χ1n) is 8.09. The van der Waals surface area contributed by atoms with Gasteiger partial charge < -0.3 is 9.32 Å². The van der Waals surface area contributed by atoms with Crippen molar-refractivity contribution in [2.24, 2.45) is 0 Å². The fourth-order valence-electron chi connectivity index (χ4n) is 2.58. The first-order chi connectivity index (χ1) is 12.1. The molecule has 0 bridgehead atoms. The molecule has 6 heteroatoms. The minimum absolute atomic E-state index is 0.0354. The van der Waals surface area contributed by atoms with Gasteiger partial charge >= 0.3 is 0 Å². The molecule has 5 nitrogen and oxygen atoms in total. The molecule has 25 heavy (non-hydrogen) atoms. The van der Waals surface area contributed by atoms with Crippen LogP contribution < -0.4 is 0 Å². The molecule has 0 spiro atoms. The number of benzene rings is 1. The summed E-state index contributed by atoms with van der Waals surface area (Å²) in [7, 11) is 1.80. The topological polar surface area (TPSA) is 51.3 Å². The van der Waals surface area contributed by atoms with Crippen molar-refractivity contribution in [2.45, 2.75) is 25.0 Å². The molecule has 1 amide bonds. The second kappa shape index (κ2) is 7.61. The summed E-state index contributed by atoms with van der Waals surface area (Å²) < 4.78 is 7.41. The van der Waals surface area contributed by atoms with Gasteiger partial charge in [0.25, 0.3) is 0 Å². The van der Waals surface area contributed by atoms with Crippen molar-refractivity contribution in [3.8, 4) is 5.69 Å². The first-order valence-corrected chi connectivity index (χ1v) is 9.07. The highest BCUT2D eigenvalue weighted by atomic mass is 32.2. The molecule has 0 saturated heterocycles. The Morgan fingerprint density at radius 3 is 2.84 bits per heavy atom. The van der Waals surface area contributed by atoms with Gasteiger partial charge in [-0.3, -0.25) is 9.36 Å². The van der Waals surface area contributed by atoms with Crippen LogP contribution in [0.1, 0.15) is 24.3 Å². The highest BCUT2D eigenvalue weighted by Gasteiger charge is 2.20. The lowest BCUT2D eigenvalue weighted by atomic mass is 10.2. The van der Waals surface area contributed by atoms with E-state index in [9.17, 15) is 4.79 Å². The van der Waals surface area contributed by atoms with Gasteiger partial charge in [-0.15, -0.1) is 0 Å². The standard InChI is InChI=1S/C19H21N3O2S/c1-14-7-4-5-8-16(14)22-11-10-20-19(22)25-13-18(23)21(3)15(2)17-9-6-12-24-17/h4-12,15H,13H2,1-3H3. The van der Waals surface area contributed by atoms with Crippen molar-refractivity contribution in [1.82, 2.24) is 14.5 Å². The van der Waals surface area contributed by atoms with Crippen LogP contribution in [-0.2, 0) is 4.79 Å². The molecule has 2 aromatic heterocycles. The summed E-state index contributed by atoms with van der Waals surface area (Å²) in [5, 5.41) is 0.807. The largest absolute Gasteiger partial charge is 0.467 e. The molecule has 130 valence electrons. The number of aromatic nitrogens is 2. The van der Waals surface area contributed by atoms with E-state index in [4.69, 9.17) is 4.42 Å². The van der Waals surface area contributed by atoms with E-state index in [-0.39, 0.29) is 11.9 Å². The van der Waals surface area contributed by atoms with Crippen molar-refractivity contribution < 1.29 is 9.21 Å². The normalized spacial score (nSPS) is 12.1. The lowest BCUT2D eigenvalue weighted by Gasteiger charge is -2.23. The third-order valence-corrected chi connectivity index (χ3v) is 5.19. The van der Waals surface area contributed by atoms with E-state index in [1.165, 1.54) is 11.8 Å². The smallest absolute Gasteiger partial charge is 0.233 e. The minimum atomic E-state index is -0.0980. The van der Waals surface area contributed by atoms with Crippen LogP contribution in [0, 0.1) is 6.92 Å². The van der Waals surface area contributed by atoms with Gasteiger partial charge in [0.05, 0.1) is 23.7 Å². The van der Waals surface area contributed by atoms with Crippen LogP contribution in [0.5, 0.6) is 0 Å². The highest BCUT2D eigenvalue weighted by Crippen LogP contribution is 2.24. The maximum Gasteiger partial charge on any atom is 0.233 e. The Kier molecular flexibility index (Phi) is 5.28. The van der Waals surface area contributed by atoms with Gasteiger partial charge in [0.15, 0.2) is 5.16 Å². The van der Waals surface area contributed by atoms with Gasteiger partial charge in [0.1, 0.15) is 5.76 Å². The Morgan fingerprint density at radius 1 is 1.32 bits per heavy atom. The van der Waals surface area contributed by atoms with Crippen LogP contribution in [0.4, 0.5) is 0 Å². The SMILES string of the molecule is Cc1ccccc1-n1ccnc1SCC(=O)N(C)C(C)c1ccco1. The summed E-state index contributed by atoms with van der Waals surface area (Å²) in [5.41, 5.74) is 2.24. The number of amides is 1. The zero-order valence-corrected chi connectivity index (χ0v) is 15.4. The molecule has 0 N–H and O–H groups in total. The minimum Gasteiger partial charge on any atom is -0.467 e. The van der Waals surface area contributed by atoms with Crippen LogP contribution in [0.15, 0.2) is 64.6 Å². The number of hydrogen-bond acceptors (Lipinski definition) is 4. The Morgan fingerprint density at radius 2 is 2.12 bits per heavy atom. The first kappa shape index (κ1) is 17.4. The molecule has 0 saturated carbocycles. The monoisotopic (exact) mass is 355 g/mol. The van der Waals surface area contributed by atoms with E-state index in [1.54, 1.807) is 24.4 Å². The van der Waals surface area contributed by atoms with Crippen LogP contribution in [0.2, 0.25) is 0 Å². The molecule has 0 aliphatic rings. The van der Waals surface area contributed by atoms with Crippen molar-refractivity contribution in [2.75, 3.05) is 12.8 Å². The molecule has 1 atom stereocenters. The van der Waals surface area contributed by atoms with E-state index in [1.807, 2.05) is 48.0 Å². The molecule has 1 aromatic carbocycles. The average molecular weight is 355 g/mol. The maximum absolute atomic E-state index is 12.5. The molecule has 0 fully saturated rings. The quantitative estimate of drug-likeness (QED) is 0.625. The predicted octanol–water partition coefficient (Wildman–Crippen LogP) is 4.09. The number of carbonyl (C=O) groups excluding carboxylic acids is 1. The fourth-order valence-corrected chi connectivity index (χ4v) is 3.47. The summed E-state index contributed by atoms with van der Waals surface area (Å²) in [6.45, 7) is 4.02. The van der Waals surface area contributed by atoms with Gasteiger partial charge in [-0.25, -0.2) is 4.98 Å². The molecular weight excluding hydrogens is 334 g/mol. The third-order valence-electron chi connectivity index (χ3n) is 4.24. The van der Waals surface area contributed by atoms with Crippen molar-refractivity contribution in [3.05, 3.63) is 66.4 Å². The summed E-state index contributed by atoms with van der Waals surface area (Å²) >= 11 is 1.44. The predicted molar refractivity (Wildman–Crippen MR) is 98.9 cm³/mol. The van der Waals surface area contributed by atoms with Crippen molar-refractivity contribution in [3.63, 3.8) is 0 Å². The third kappa shape index (κ3) is 3.79. The van der Waals surface area contributed by atoms with Gasteiger partial charge in [0, 0.05) is 19.4 Å². The van der Waals surface area contributed by atoms with Crippen LogP contribution in [0.3, 0.4) is 0 Å². The summed E-state index contributed by atoms with van der Waals surface area (Å²) in [6, 6.07) is 11.7. The molecule has 2 heterocycles. The molecular formula is C19H21N3O2S. The number of nitrogens with zero attached hydrogens (tertiary/aromatic N) is 3. The lowest BCUT2D eigenvalue weighted by Crippen LogP contribution is -2.30. The Balaban J connectivity index is 1.67. The van der Waals surface area contributed by atoms with E-state index in [0.29, 0.717) is 5.75 Å². The van der Waals surface area contributed by atoms with Crippen LogP contribution in [-0.4, -0.2) is 33.2 Å². The van der Waals surface area contributed by atoms with E-state index < -0.39 is 0 Å². The molecule has 0 radical (unpaired) electrons. The average Bonchev–Trinajstić information content (AvgIpc) is 3.30. The van der Waals surface area contributed by atoms with Crippen LogP contribution >= 0.6 is 11.8 Å². The number of aryl methyl sites for hydroxylation is 1. The van der Waals surface area contributed by atoms with Crippen LogP contribution in [0.25, 0.3) is 5.69 Å². The van der Waals surface area contributed by atoms with Gasteiger partial charge in [-0.1, -0.05) is 30.0 Å². The second-order valence-corrected chi connectivity index (χ2v) is 6.79. The van der Waals surface area contributed by atoms with Gasteiger partial charge in [0.2, 0.25) is 5.91 Å².